The van der Waals surface area contributed by atoms with Crippen molar-refractivity contribution in [1.82, 2.24) is 36.0 Å². The molecule has 0 spiro atoms. The van der Waals surface area contributed by atoms with Gasteiger partial charge in [0.05, 0.1) is 53.5 Å². The van der Waals surface area contributed by atoms with Crippen molar-refractivity contribution < 1.29 is 121 Å². The van der Waals surface area contributed by atoms with Crippen molar-refractivity contribution in [2.45, 2.75) is 12.8 Å². The number of hydrazine groups is 2. The van der Waals surface area contributed by atoms with E-state index in [-0.39, 0.29) is 107 Å². The first kappa shape index (κ1) is 100. The number of carboxylic acids is 2. The van der Waals surface area contributed by atoms with Crippen molar-refractivity contribution in [3.8, 4) is 39.3 Å². The number of nitrogens with one attached hydrogen (secondary N) is 4. The van der Waals surface area contributed by atoms with Crippen molar-refractivity contribution in [3.63, 3.8) is 0 Å². The Morgan fingerprint density at radius 1 is 0.544 bits per heavy atom. The summed E-state index contributed by atoms with van der Waals surface area (Å²) in [6.45, 7) is 3.14. The summed E-state index contributed by atoms with van der Waals surface area (Å²) in [7, 11) is 3.66. The number of aryl methyl sites for hydroxylation is 1. The molecule has 0 saturated carbocycles. The third-order valence-electron chi connectivity index (χ3n) is 13.0. The van der Waals surface area contributed by atoms with Crippen LogP contribution in [0.5, 0.6) is 0 Å². The number of nitrogens with zero attached hydrogens (tertiary/aromatic N) is 7. The van der Waals surface area contributed by atoms with Gasteiger partial charge in [0, 0.05) is 68.5 Å². The van der Waals surface area contributed by atoms with Crippen molar-refractivity contribution in [2.75, 3.05) is 54.5 Å². The van der Waals surface area contributed by atoms with Gasteiger partial charge in [0.25, 0.3) is 12.4 Å². The first-order chi connectivity index (χ1) is 54.3. The number of anilines is 6. The summed E-state index contributed by atoms with van der Waals surface area (Å²) in [5, 5.41) is 70.7. The number of nitrogens with two attached hydrogens (primary N) is 6. The molecule has 11 aromatic rings. The maximum atomic E-state index is 12.1. The van der Waals surface area contributed by atoms with Crippen LogP contribution in [0.1, 0.15) is 69.3 Å². The number of nitriles is 1. The normalized spacial score (nSPS) is 9.36. The molecule has 0 aliphatic carbocycles. The van der Waals surface area contributed by atoms with Crippen LogP contribution in [0.15, 0.2) is 226 Å². The van der Waals surface area contributed by atoms with Crippen molar-refractivity contribution in [1.29, 1.82) is 5.26 Å². The van der Waals surface area contributed by atoms with Crippen LogP contribution in [0.4, 0.5) is 35.1 Å². The van der Waals surface area contributed by atoms with Crippen molar-refractivity contribution in [2.24, 2.45) is 17.5 Å². The van der Waals surface area contributed by atoms with Crippen LogP contribution in [0.25, 0.3) is 40.4 Å². The Morgan fingerprint density at radius 2 is 0.886 bits per heavy atom. The molecule has 11 rings (SSSR count). The summed E-state index contributed by atoms with van der Waals surface area (Å²) in [5.41, 5.74) is 24.7. The van der Waals surface area contributed by atoms with Crippen LogP contribution in [0, 0.1) is 21.0 Å². The van der Waals surface area contributed by atoms with Gasteiger partial charge < -0.3 is 81.3 Å². The van der Waals surface area contributed by atoms with Crippen molar-refractivity contribution in [3.05, 3.63) is 263 Å². The Balaban J connectivity index is 0.000000686. The van der Waals surface area contributed by atoms with Crippen LogP contribution in [0.3, 0.4) is 0 Å². The van der Waals surface area contributed by atoms with E-state index in [9.17, 15) is 38.4 Å². The van der Waals surface area contributed by atoms with Gasteiger partial charge in [-0.05, 0) is 231 Å². The van der Waals surface area contributed by atoms with Gasteiger partial charge in [0.15, 0.2) is 0 Å². The molecule has 36 nitrogen and oxygen atoms in total. The molecule has 19 N–H and O–H groups in total. The van der Waals surface area contributed by atoms with Gasteiger partial charge in [0.2, 0.25) is 35.4 Å². The Labute approximate surface area is 721 Å². The molecule has 0 atom stereocenters. The number of aromatic carboxylic acids is 2. The number of nitrogen functional groups attached to an aromatic ring is 4. The molecule has 3 heterocycles. The first-order valence-corrected chi connectivity index (χ1v) is 35.2. The number of carboxylic acid groups (broad SMARTS) is 2. The minimum absolute atomic E-state index is 0. The Kier molecular flexibility index (Phi) is 50.4. The number of para-hydroxylation sites is 3. The van der Waals surface area contributed by atoms with Crippen LogP contribution in [0.2, 0.25) is 0 Å². The van der Waals surface area contributed by atoms with E-state index in [2.05, 4.69) is 168 Å². The molecule has 0 fully saturated rings. The van der Waals surface area contributed by atoms with Crippen LogP contribution in [-0.2, 0) is 40.0 Å². The summed E-state index contributed by atoms with van der Waals surface area (Å²) in [4.78, 5) is 103. The largest absolute Gasteiger partial charge is 1.00 e. The van der Waals surface area contributed by atoms with Crippen LogP contribution in [-0.4, -0.2) is 121 Å². The zero-order valence-electron chi connectivity index (χ0n) is 60.4. The third kappa shape index (κ3) is 38.0. The van der Waals surface area contributed by atoms with E-state index in [4.69, 9.17) is 66.9 Å². The average molecular weight is 1970 g/mol. The van der Waals surface area contributed by atoms with Gasteiger partial charge in [-0.25, -0.2) is 25.0 Å². The van der Waals surface area contributed by atoms with Gasteiger partial charge in [-0.3, -0.25) is 41.1 Å². The number of esters is 2. The monoisotopic (exact) mass is 1970 g/mol. The van der Waals surface area contributed by atoms with E-state index in [1.165, 1.54) is 38.5 Å². The van der Waals surface area contributed by atoms with Crippen molar-refractivity contribution >= 4 is 179 Å². The number of aliphatic hydroxyl groups excluding tert-OH is 1. The zero-order chi connectivity index (χ0) is 84.2. The first-order valence-electron chi connectivity index (χ1n) is 31.2. The number of benzene rings is 8. The number of halogens is 4. The number of aromatic nitrogens is 6. The van der Waals surface area contributed by atoms with E-state index in [0.717, 1.165) is 46.2 Å². The number of methoxy groups -OCH3 is 2. The molecule has 0 bridgehead atoms. The third-order valence-corrected chi connectivity index (χ3v) is 15.2. The fourth-order valence-corrected chi connectivity index (χ4v) is 9.10. The molecule has 4 amide bonds. The zero-order valence-corrected chi connectivity index (χ0v) is 70.4. The van der Waals surface area contributed by atoms with E-state index in [1.54, 1.807) is 126 Å². The minimum Gasteiger partial charge on any atom is -0.662 e. The van der Waals surface area contributed by atoms with E-state index < -0.39 is 23.8 Å². The number of amides is 4. The number of ether oxygens (including phenoxy) is 2. The van der Waals surface area contributed by atoms with Gasteiger partial charge >= 0.3 is 71.5 Å². The van der Waals surface area contributed by atoms with Gasteiger partial charge in [-0.2, -0.15) is 5.26 Å². The molecule has 114 heavy (non-hydrogen) atoms. The summed E-state index contributed by atoms with van der Waals surface area (Å²) in [5.74, 6) is 9.73. The van der Waals surface area contributed by atoms with Gasteiger partial charge in [0.1, 0.15) is 4.98 Å². The number of carbonyl (C=O) groups is 9. The molecule has 0 aliphatic rings. The number of aliphatic hydroxyl groups is 1. The molecule has 8 aromatic carbocycles. The second kappa shape index (κ2) is 57.3. The predicted octanol–water partition coefficient (Wildman–Crippen LogP) is 6.48. The molecule has 0 saturated heterocycles. The fraction of sp³-hybridized carbons (Fsp3) is 0.0685. The van der Waals surface area contributed by atoms with Gasteiger partial charge in [-0.1, -0.05) is 82.5 Å². The molecule has 590 valence electrons. The smallest absolute Gasteiger partial charge is 0.662 e. The minimum atomic E-state index is -1.11. The average Bonchev–Trinajstić information content (AvgIpc) is 1.68. The number of carbonyl (C=O) groups excluding carboxylic acids is 7. The maximum absolute atomic E-state index is 12.1. The summed E-state index contributed by atoms with van der Waals surface area (Å²) in [6, 6.07) is 55.7. The Hall–Kier alpha value is -11.8. The van der Waals surface area contributed by atoms with E-state index >= 15 is 0 Å². The number of hydrogen-bond acceptors (Lipinski definition) is 30. The summed E-state index contributed by atoms with van der Waals surface area (Å²) >= 11 is 9.03. The van der Waals surface area contributed by atoms with Crippen LogP contribution < -0.4 is 90.9 Å². The molecular formula is C73H70BrI3N17NaO19. The number of hydrogen-bond donors (Lipinski definition) is 13. The van der Waals surface area contributed by atoms with E-state index in [1.807, 2.05) is 60.7 Å². The van der Waals surface area contributed by atoms with Crippen LogP contribution >= 0.6 is 83.7 Å². The molecule has 41 heteroatoms. The standard InChI is InChI=1S/C18H16N4O4.C18H14N4O4.C11H11NO3.C8H6IN3O.C8H7IO2.C7H7IN2O.CBrN.CH2O3.CH4O.H4N2.Na/c2*19-18-22-21-16(26-18)12-8-5-11(6-9-12)7-10-15(23)20-14-4-2-1-3-13(14)17(24)25;1-3-10(13)12-9-7-5-4-6-8(9)11(14)15-2;9-6-3-1-5(2-4-6)7-11-12-8(10)13-7;1-11-8(10)6-2-4-7(9)5-3-6;8-6-3-1-5(2-4-6)7(11)10-9;2-1-3;2-1-4-3;2*1-2;/h1-6,8-9H,7,10H2,(H2,19,22)(H,20,23)(H,24,25);1-10H,(H2,19,22)(H,20,23)(H,24,25);3-7H,1H2,2H3,(H,12,13);1-4H,(H2,10,12);2-5H,1H3;1-4H,9H2,(H,10,11);;1,3H;2H,1H3;1-2H2;/q;;;;;;;;;;+1/p-1/b;10-7+;;;;;;;;;. The molecule has 0 unspecified atom stereocenters. The second-order valence-corrected chi connectivity index (χ2v) is 24.3. The molecule has 3 aromatic heterocycles. The predicted molar refractivity (Wildman–Crippen MR) is 443 cm³/mol. The van der Waals surface area contributed by atoms with E-state index in [0.29, 0.717) is 52.0 Å². The SMILES string of the molecule is C=CC(=O)Nc1ccccc1C(=O)OC.CO.COC(=O)c1ccc(I)cc1.N#CBr.NN.NNC(=O)c1ccc(I)cc1.Nc1nnc(-c2ccc(/C=C/C(=O)Nc3ccccc3C(=O)O)cc2)o1.Nc1nnc(-c2ccc(CCC(=O)Nc3ccccc3C(=O)O)cc2)o1.Nc1nnc(-c2ccc(I)cc2)o1.O=CO[O-].[Na+]. The topological polar surface area (TPSA) is 610 Å². The fourth-order valence-electron chi connectivity index (χ4n) is 8.02. The van der Waals surface area contributed by atoms with Gasteiger partial charge in [-0.15, -0.1) is 15.3 Å². The maximum Gasteiger partial charge on any atom is 1.00 e. The number of rotatable bonds is 18. The molecule has 0 aliphatic heterocycles. The Morgan fingerprint density at radius 3 is 1.25 bits per heavy atom. The second-order valence-electron chi connectivity index (χ2n) is 20.2. The summed E-state index contributed by atoms with van der Waals surface area (Å²) < 4.78 is 27.8. The molecular weight excluding hydrogens is 1900 g/mol. The Bertz CT molecular complexity index is 4850. The quantitative estimate of drug-likeness (QED) is 0.00503. The summed E-state index contributed by atoms with van der Waals surface area (Å²) in [6.07, 6.45) is 4.78. The molecule has 0 radical (unpaired) electrons.